The van der Waals surface area contributed by atoms with Crippen molar-refractivity contribution in [3.8, 4) is 11.5 Å². The van der Waals surface area contributed by atoms with Crippen LogP contribution in [-0.2, 0) is 12.8 Å². The minimum atomic E-state index is -0.486. The lowest BCUT2D eigenvalue weighted by atomic mass is 9.85. The second-order valence-electron chi connectivity index (χ2n) is 4.69. The number of nitrogens with one attached hydrogen (secondary N) is 1. The van der Waals surface area contributed by atoms with Gasteiger partial charge in [0.2, 0.25) is 0 Å². The minimum absolute atomic E-state index is 0. The maximum atomic E-state index is 10.2. The van der Waals surface area contributed by atoms with Crippen molar-refractivity contribution in [1.82, 2.24) is 5.32 Å². The lowest BCUT2D eigenvalue weighted by Crippen LogP contribution is -2.46. The fraction of sp³-hybridized carbons (Fsp3) is 0.571. The zero-order valence-electron chi connectivity index (χ0n) is 11.8. The molecule has 1 aromatic carbocycles. The zero-order valence-corrected chi connectivity index (χ0v) is 12.6. The molecule has 0 spiro atoms. The summed E-state index contributed by atoms with van der Waals surface area (Å²) in [5, 5.41) is 22.2. The highest BCUT2D eigenvalue weighted by Gasteiger charge is 2.30. The predicted octanol–water partition coefficient (Wildman–Crippen LogP) is 0.536. The van der Waals surface area contributed by atoms with Crippen LogP contribution in [0.25, 0.3) is 0 Å². The number of halogens is 1. The molecule has 0 unspecified atom stereocenters. The fourth-order valence-electron chi connectivity index (χ4n) is 2.65. The third-order valence-corrected chi connectivity index (χ3v) is 3.61. The molecule has 0 aliphatic heterocycles. The number of benzene rings is 1. The Morgan fingerprint density at radius 1 is 1.15 bits per heavy atom. The summed E-state index contributed by atoms with van der Waals surface area (Å²) < 4.78 is 10.7. The number of aliphatic hydroxyl groups is 2. The Kier molecular flexibility index (Phi) is 6.55. The van der Waals surface area contributed by atoms with E-state index in [0.29, 0.717) is 19.4 Å². The van der Waals surface area contributed by atoms with Gasteiger partial charge < -0.3 is 25.0 Å². The molecule has 2 atom stereocenters. The van der Waals surface area contributed by atoms with Gasteiger partial charge in [0.15, 0.2) is 0 Å². The van der Waals surface area contributed by atoms with Crippen molar-refractivity contribution in [2.45, 2.75) is 25.0 Å². The van der Waals surface area contributed by atoms with Crippen molar-refractivity contribution in [1.29, 1.82) is 0 Å². The van der Waals surface area contributed by atoms with Gasteiger partial charge in [0, 0.05) is 30.1 Å². The SMILES string of the molecule is COc1ccc(OC)c2c1C[C@@H](O)[C@H](NCCO)C2.Cl. The highest BCUT2D eigenvalue weighted by Crippen LogP contribution is 2.36. The molecule has 0 heterocycles. The van der Waals surface area contributed by atoms with Gasteiger partial charge in [-0.05, 0) is 18.6 Å². The topological polar surface area (TPSA) is 71.0 Å². The van der Waals surface area contributed by atoms with Crippen molar-refractivity contribution in [3.63, 3.8) is 0 Å². The summed E-state index contributed by atoms with van der Waals surface area (Å²) in [7, 11) is 3.27. The van der Waals surface area contributed by atoms with Gasteiger partial charge >= 0.3 is 0 Å². The van der Waals surface area contributed by atoms with Gasteiger partial charge in [0.05, 0.1) is 26.9 Å². The van der Waals surface area contributed by atoms with Crippen LogP contribution < -0.4 is 14.8 Å². The van der Waals surface area contributed by atoms with Crippen LogP contribution in [0.4, 0.5) is 0 Å². The zero-order chi connectivity index (χ0) is 13.8. The highest BCUT2D eigenvalue weighted by atomic mass is 35.5. The van der Waals surface area contributed by atoms with Gasteiger partial charge in [-0.25, -0.2) is 0 Å². The van der Waals surface area contributed by atoms with E-state index in [1.54, 1.807) is 14.2 Å². The lowest BCUT2D eigenvalue weighted by molar-refractivity contribution is 0.114. The molecule has 0 saturated heterocycles. The Bertz CT molecular complexity index is 441. The molecule has 2 rings (SSSR count). The molecule has 1 aliphatic carbocycles. The van der Waals surface area contributed by atoms with E-state index in [9.17, 15) is 5.11 Å². The molecular formula is C14H22ClNO4. The van der Waals surface area contributed by atoms with Crippen molar-refractivity contribution in [2.75, 3.05) is 27.4 Å². The molecule has 3 N–H and O–H groups in total. The van der Waals surface area contributed by atoms with Crippen LogP contribution in [0.1, 0.15) is 11.1 Å². The highest BCUT2D eigenvalue weighted by molar-refractivity contribution is 5.85. The first-order valence-corrected chi connectivity index (χ1v) is 6.46. The average molecular weight is 304 g/mol. The number of hydrogen-bond donors (Lipinski definition) is 3. The first-order valence-electron chi connectivity index (χ1n) is 6.46. The van der Waals surface area contributed by atoms with Crippen molar-refractivity contribution < 1.29 is 19.7 Å². The first kappa shape index (κ1) is 17.0. The van der Waals surface area contributed by atoms with Crippen LogP contribution in [0, 0.1) is 0 Å². The van der Waals surface area contributed by atoms with Crippen molar-refractivity contribution in [3.05, 3.63) is 23.3 Å². The van der Waals surface area contributed by atoms with E-state index in [2.05, 4.69) is 5.32 Å². The number of rotatable bonds is 5. The molecule has 0 radical (unpaired) electrons. The minimum Gasteiger partial charge on any atom is -0.496 e. The van der Waals surface area contributed by atoms with Gasteiger partial charge in [0.1, 0.15) is 11.5 Å². The van der Waals surface area contributed by atoms with Crippen molar-refractivity contribution in [2.24, 2.45) is 0 Å². The molecule has 1 aliphatic rings. The van der Waals surface area contributed by atoms with Gasteiger partial charge in [-0.3, -0.25) is 0 Å². The summed E-state index contributed by atoms with van der Waals surface area (Å²) >= 11 is 0. The summed E-state index contributed by atoms with van der Waals surface area (Å²) in [6.45, 7) is 0.536. The third kappa shape index (κ3) is 3.35. The predicted molar refractivity (Wildman–Crippen MR) is 79.1 cm³/mol. The Morgan fingerprint density at radius 2 is 1.70 bits per heavy atom. The molecule has 6 heteroatoms. The average Bonchev–Trinajstić information content (AvgIpc) is 2.44. The molecule has 0 bridgehead atoms. The maximum Gasteiger partial charge on any atom is 0.122 e. The molecule has 0 fully saturated rings. The summed E-state index contributed by atoms with van der Waals surface area (Å²) in [6.07, 6.45) is 0.704. The van der Waals surface area contributed by atoms with Gasteiger partial charge in [0.25, 0.3) is 0 Å². The summed E-state index contributed by atoms with van der Waals surface area (Å²) in [4.78, 5) is 0. The van der Waals surface area contributed by atoms with E-state index in [4.69, 9.17) is 14.6 Å². The molecule has 114 valence electrons. The Hall–Kier alpha value is -1.01. The molecule has 5 nitrogen and oxygen atoms in total. The van der Waals surface area contributed by atoms with Crippen LogP contribution in [-0.4, -0.2) is 49.7 Å². The third-order valence-electron chi connectivity index (χ3n) is 3.61. The molecule has 0 aromatic heterocycles. The van der Waals surface area contributed by atoms with E-state index >= 15 is 0 Å². The summed E-state index contributed by atoms with van der Waals surface area (Å²) in [5.74, 6) is 1.61. The van der Waals surface area contributed by atoms with Crippen molar-refractivity contribution >= 4 is 12.4 Å². The standard InChI is InChI=1S/C14H21NO4.ClH/c1-18-13-3-4-14(19-2)10-8-12(17)11(7-9(10)13)15-5-6-16;/h3-4,11-12,15-17H,5-8H2,1-2H3;1H/t11-,12-;/m1./s1. The van der Waals surface area contributed by atoms with E-state index in [1.165, 1.54) is 0 Å². The smallest absolute Gasteiger partial charge is 0.122 e. The van der Waals surface area contributed by atoms with Gasteiger partial charge in [-0.1, -0.05) is 0 Å². The summed E-state index contributed by atoms with van der Waals surface area (Å²) in [6, 6.07) is 3.69. The van der Waals surface area contributed by atoms with E-state index in [1.807, 2.05) is 12.1 Å². The number of hydrogen-bond acceptors (Lipinski definition) is 5. The first-order chi connectivity index (χ1) is 9.21. The van der Waals surface area contributed by atoms with Crippen LogP contribution in [0.2, 0.25) is 0 Å². The summed E-state index contributed by atoms with van der Waals surface area (Å²) in [5.41, 5.74) is 2.08. The maximum absolute atomic E-state index is 10.2. The van der Waals surface area contributed by atoms with Gasteiger partial charge in [-0.2, -0.15) is 0 Å². The molecular weight excluding hydrogens is 282 g/mol. The fourth-order valence-corrected chi connectivity index (χ4v) is 2.65. The van der Waals surface area contributed by atoms with Gasteiger partial charge in [-0.15, -0.1) is 12.4 Å². The Labute approximate surface area is 125 Å². The molecule has 20 heavy (non-hydrogen) atoms. The second kappa shape index (κ2) is 7.69. The number of ether oxygens (including phenoxy) is 2. The molecule has 1 aromatic rings. The van der Waals surface area contributed by atoms with Crippen LogP contribution in [0.5, 0.6) is 11.5 Å². The van der Waals surface area contributed by atoms with E-state index in [0.717, 1.165) is 22.6 Å². The molecule has 0 amide bonds. The van der Waals surface area contributed by atoms with Crippen LogP contribution in [0.3, 0.4) is 0 Å². The van der Waals surface area contributed by atoms with Crippen LogP contribution >= 0.6 is 12.4 Å². The number of methoxy groups -OCH3 is 2. The monoisotopic (exact) mass is 303 g/mol. The lowest BCUT2D eigenvalue weighted by Gasteiger charge is -2.32. The van der Waals surface area contributed by atoms with E-state index in [-0.39, 0.29) is 25.1 Å². The quantitative estimate of drug-likeness (QED) is 0.740. The Balaban J connectivity index is 0.00000200. The normalized spacial score (nSPS) is 20.8. The number of aliphatic hydroxyl groups excluding tert-OH is 2. The molecule has 0 saturated carbocycles. The second-order valence-corrected chi connectivity index (χ2v) is 4.69. The number of fused-ring (bicyclic) bond motifs is 1. The largest absolute Gasteiger partial charge is 0.496 e. The van der Waals surface area contributed by atoms with E-state index < -0.39 is 6.10 Å². The Morgan fingerprint density at radius 3 is 2.20 bits per heavy atom. The van der Waals surface area contributed by atoms with Crippen LogP contribution in [0.15, 0.2) is 12.1 Å².